The first-order chi connectivity index (χ1) is 12.1. The zero-order chi connectivity index (χ0) is 19.6. The van der Waals surface area contributed by atoms with E-state index in [1.165, 1.54) is 12.4 Å². The minimum atomic E-state index is -4.92. The van der Waals surface area contributed by atoms with E-state index >= 15 is 0 Å². The fourth-order valence-corrected chi connectivity index (χ4v) is 3.66. The molecule has 9 atom stereocenters. The van der Waals surface area contributed by atoms with Crippen molar-refractivity contribution < 1.29 is 46.7 Å². The van der Waals surface area contributed by atoms with Crippen molar-refractivity contribution in [1.82, 2.24) is 5.48 Å². The molecule has 0 aromatic heterocycles. The van der Waals surface area contributed by atoms with Gasteiger partial charge in [-0.1, -0.05) is 13.8 Å². The van der Waals surface area contributed by atoms with Crippen molar-refractivity contribution in [2.75, 3.05) is 6.61 Å². The van der Waals surface area contributed by atoms with E-state index in [1.54, 1.807) is 6.92 Å². The van der Waals surface area contributed by atoms with Gasteiger partial charge in [-0.25, -0.2) is 4.18 Å². The average Bonchev–Trinajstić information content (AvgIpc) is 2.88. The zero-order valence-electron chi connectivity index (χ0n) is 14.2. The Balaban J connectivity index is 2.24. The Morgan fingerprint density at radius 1 is 1.15 bits per heavy atom. The van der Waals surface area contributed by atoms with E-state index in [9.17, 15) is 28.9 Å². The third kappa shape index (κ3) is 4.69. The van der Waals surface area contributed by atoms with Crippen LogP contribution in [0.15, 0.2) is 0 Å². The van der Waals surface area contributed by atoms with Crippen molar-refractivity contribution in [3.05, 3.63) is 5.21 Å². The Labute approximate surface area is 150 Å². The van der Waals surface area contributed by atoms with Gasteiger partial charge < -0.3 is 40.2 Å². The maximum absolute atomic E-state index is 11.1. The van der Waals surface area contributed by atoms with Crippen LogP contribution in [0.1, 0.15) is 20.3 Å². The molecule has 2 saturated heterocycles. The lowest BCUT2D eigenvalue weighted by Crippen LogP contribution is -2.60. The number of nitrogens with one attached hydrogen (secondary N) is 1. The van der Waals surface area contributed by atoms with Crippen molar-refractivity contribution >= 4 is 10.4 Å². The van der Waals surface area contributed by atoms with Crippen LogP contribution in [0.4, 0.5) is 0 Å². The molecule has 0 spiro atoms. The van der Waals surface area contributed by atoms with Crippen molar-refractivity contribution in [2.45, 2.75) is 69.4 Å². The van der Waals surface area contributed by atoms with E-state index in [2.05, 4.69) is 4.18 Å². The van der Waals surface area contributed by atoms with Crippen LogP contribution < -0.4 is 5.48 Å². The van der Waals surface area contributed by atoms with Crippen LogP contribution in [-0.4, -0.2) is 84.0 Å². The maximum Gasteiger partial charge on any atom is 0.397 e. The summed E-state index contributed by atoms with van der Waals surface area (Å²) in [5.41, 5.74) is 1.48. The largest absolute Gasteiger partial charge is 0.786 e. The molecule has 0 amide bonds. The number of hydroxylamine groups is 1. The summed E-state index contributed by atoms with van der Waals surface area (Å²) in [7, 11) is -4.92. The minimum Gasteiger partial charge on any atom is -0.786 e. The molecule has 154 valence electrons. The SMILES string of the molecule is CCC1OC(CO)C(O)C1OC1OC(N[O-])C(O)C(C)C1OS(=O)(=O)O. The lowest BCUT2D eigenvalue weighted by atomic mass is 9.93. The van der Waals surface area contributed by atoms with E-state index in [0.29, 0.717) is 6.42 Å². The van der Waals surface area contributed by atoms with E-state index < -0.39 is 72.1 Å². The van der Waals surface area contributed by atoms with Crippen LogP contribution in [0.3, 0.4) is 0 Å². The second-order valence-corrected chi connectivity index (χ2v) is 7.32. The van der Waals surface area contributed by atoms with Gasteiger partial charge in [0.2, 0.25) is 0 Å². The van der Waals surface area contributed by atoms with Gasteiger partial charge in [0, 0.05) is 5.92 Å². The monoisotopic (exact) mass is 402 g/mol. The fraction of sp³-hybridized carbons (Fsp3) is 1.00. The highest BCUT2D eigenvalue weighted by Gasteiger charge is 2.50. The second-order valence-electron chi connectivity index (χ2n) is 6.28. The van der Waals surface area contributed by atoms with Gasteiger partial charge in [0.25, 0.3) is 0 Å². The first-order valence-corrected chi connectivity index (χ1v) is 9.46. The van der Waals surface area contributed by atoms with Gasteiger partial charge in [-0.2, -0.15) is 8.42 Å². The van der Waals surface area contributed by atoms with Crippen LogP contribution in [0.25, 0.3) is 0 Å². The molecule has 12 nitrogen and oxygen atoms in total. The zero-order valence-corrected chi connectivity index (χ0v) is 15.0. The maximum atomic E-state index is 11.1. The predicted molar refractivity (Wildman–Crippen MR) is 83.7 cm³/mol. The lowest BCUT2D eigenvalue weighted by Gasteiger charge is -2.44. The average molecular weight is 402 g/mol. The smallest absolute Gasteiger partial charge is 0.397 e. The van der Waals surface area contributed by atoms with Gasteiger partial charge in [-0.05, 0) is 6.42 Å². The van der Waals surface area contributed by atoms with Crippen LogP contribution in [0.5, 0.6) is 0 Å². The second kappa shape index (κ2) is 8.70. The van der Waals surface area contributed by atoms with Crippen LogP contribution in [0, 0.1) is 11.1 Å². The summed E-state index contributed by atoms with van der Waals surface area (Å²) in [5.74, 6) is -0.990. The highest BCUT2D eigenvalue weighted by atomic mass is 32.3. The summed E-state index contributed by atoms with van der Waals surface area (Å²) in [6.07, 6.45) is -9.34. The molecule has 0 radical (unpaired) electrons. The first-order valence-electron chi connectivity index (χ1n) is 8.09. The fourth-order valence-electron chi connectivity index (χ4n) is 3.12. The third-order valence-electron chi connectivity index (χ3n) is 4.57. The summed E-state index contributed by atoms with van der Waals surface area (Å²) >= 11 is 0. The molecule has 2 fully saturated rings. The van der Waals surface area contributed by atoms with Gasteiger partial charge in [0.1, 0.15) is 30.6 Å². The number of aliphatic hydroxyl groups excluding tert-OH is 3. The van der Waals surface area contributed by atoms with Crippen molar-refractivity contribution in [2.24, 2.45) is 5.92 Å². The van der Waals surface area contributed by atoms with Gasteiger partial charge in [-0.3, -0.25) is 4.55 Å². The Kier molecular flexibility index (Phi) is 7.31. The number of hydrogen-bond acceptors (Lipinski definition) is 11. The highest BCUT2D eigenvalue weighted by molar-refractivity contribution is 7.80. The quantitative estimate of drug-likeness (QED) is 0.230. The Bertz CT molecular complexity index is 558. The molecule has 13 heteroatoms. The molecule has 0 bridgehead atoms. The summed E-state index contributed by atoms with van der Waals surface area (Å²) in [6, 6.07) is 0. The van der Waals surface area contributed by atoms with Crippen LogP contribution >= 0.6 is 0 Å². The molecule has 2 aliphatic rings. The summed E-state index contributed by atoms with van der Waals surface area (Å²) in [6.45, 7) is 2.66. The molecule has 0 saturated carbocycles. The Morgan fingerprint density at radius 3 is 2.31 bits per heavy atom. The van der Waals surface area contributed by atoms with Gasteiger partial charge >= 0.3 is 10.4 Å². The van der Waals surface area contributed by atoms with Gasteiger partial charge in [0.05, 0.1) is 18.8 Å². The predicted octanol–water partition coefficient (Wildman–Crippen LogP) is -2.14. The van der Waals surface area contributed by atoms with Crippen LogP contribution in [0.2, 0.25) is 0 Å². The molecular weight excluding hydrogens is 378 g/mol. The molecular formula is C13H24NO11S-. The number of ether oxygens (including phenoxy) is 3. The molecule has 9 unspecified atom stereocenters. The van der Waals surface area contributed by atoms with Crippen LogP contribution in [-0.2, 0) is 28.8 Å². The van der Waals surface area contributed by atoms with Gasteiger partial charge in [-0.15, -0.1) is 0 Å². The van der Waals surface area contributed by atoms with E-state index in [0.717, 1.165) is 0 Å². The number of hydrogen-bond donors (Lipinski definition) is 5. The van der Waals surface area contributed by atoms with Crippen molar-refractivity contribution in [3.8, 4) is 0 Å². The van der Waals surface area contributed by atoms with Crippen molar-refractivity contribution in [3.63, 3.8) is 0 Å². The Hall–Kier alpha value is -0.450. The number of aliphatic hydroxyl groups is 3. The topological polar surface area (TPSA) is 187 Å². The molecule has 2 heterocycles. The molecule has 2 aliphatic heterocycles. The van der Waals surface area contributed by atoms with Gasteiger partial charge in [0.15, 0.2) is 6.29 Å². The third-order valence-corrected chi connectivity index (χ3v) is 5.04. The normalized spacial score (nSPS) is 44.3. The molecule has 2 rings (SSSR count). The molecule has 5 N–H and O–H groups in total. The first kappa shape index (κ1) is 21.8. The minimum absolute atomic E-state index is 0.399. The standard InChI is InChI=1S/C13H24NO11S/c1-3-6-11(9(17)7(4-15)22-6)23-13-10(25-26(19,20)21)5(2)8(16)12(14-18)24-13/h5-17H,3-4H2,1-2H3,(H,19,20,21)/q-1. The highest BCUT2D eigenvalue weighted by Crippen LogP contribution is 2.33. The number of rotatable bonds is 7. The molecule has 0 aliphatic carbocycles. The summed E-state index contributed by atoms with van der Waals surface area (Å²) < 4.78 is 52.1. The van der Waals surface area contributed by atoms with E-state index in [4.69, 9.17) is 18.8 Å². The van der Waals surface area contributed by atoms with E-state index in [-0.39, 0.29) is 0 Å². The summed E-state index contributed by atoms with van der Waals surface area (Å²) in [5, 5.41) is 40.5. The summed E-state index contributed by atoms with van der Waals surface area (Å²) in [4.78, 5) is 0. The molecule has 26 heavy (non-hydrogen) atoms. The van der Waals surface area contributed by atoms with E-state index in [1.807, 2.05) is 0 Å². The molecule has 0 aromatic rings. The molecule has 0 aromatic carbocycles. The Morgan fingerprint density at radius 2 is 1.81 bits per heavy atom. The van der Waals surface area contributed by atoms with Crippen molar-refractivity contribution in [1.29, 1.82) is 0 Å². The lowest BCUT2D eigenvalue weighted by molar-refractivity contribution is -0.301.